The zero-order valence-corrected chi connectivity index (χ0v) is 8.36. The molecule has 3 nitrogen and oxygen atoms in total. The van der Waals surface area contributed by atoms with Crippen molar-refractivity contribution in [1.82, 2.24) is 5.32 Å². The van der Waals surface area contributed by atoms with Crippen LogP contribution in [-0.2, 0) is 11.3 Å². The van der Waals surface area contributed by atoms with E-state index in [1.54, 1.807) is 0 Å². The van der Waals surface area contributed by atoms with Gasteiger partial charge in [-0.15, -0.1) is 0 Å². The van der Waals surface area contributed by atoms with Crippen LogP contribution in [0.4, 0.5) is 17.6 Å². The summed E-state index contributed by atoms with van der Waals surface area (Å²) in [6.45, 7) is 5.12. The molecule has 0 radical (unpaired) electrons. The number of carbonyl (C=O) groups excluding carboxylic acids is 1. The Morgan fingerprint density at radius 1 is 1.24 bits per heavy atom. The van der Waals surface area contributed by atoms with E-state index >= 15 is 0 Å². The minimum Gasteiger partial charge on any atom is -0.345 e. The molecular weight excluding hydrogens is 240 g/mol. The molecular formula is C10H6F4N2O. The lowest BCUT2D eigenvalue weighted by Crippen LogP contribution is -2.26. The SMILES string of the molecule is [C-]#[N+]CC(=O)NCc1c(F)c(F)cc(F)c1F. The monoisotopic (exact) mass is 246 g/mol. The van der Waals surface area contributed by atoms with Gasteiger partial charge in [-0.05, 0) is 0 Å². The molecule has 90 valence electrons. The maximum absolute atomic E-state index is 13.1. The maximum Gasteiger partial charge on any atom is 0.300 e. The van der Waals surface area contributed by atoms with E-state index in [4.69, 9.17) is 6.57 Å². The van der Waals surface area contributed by atoms with Crippen LogP contribution in [-0.4, -0.2) is 12.5 Å². The van der Waals surface area contributed by atoms with Crippen molar-refractivity contribution in [3.8, 4) is 0 Å². The summed E-state index contributed by atoms with van der Waals surface area (Å²) in [5.41, 5.74) is -0.916. The fourth-order valence-corrected chi connectivity index (χ4v) is 1.09. The Kier molecular flexibility index (Phi) is 4.04. The average molecular weight is 246 g/mol. The number of hydrogen-bond donors (Lipinski definition) is 1. The van der Waals surface area contributed by atoms with Crippen LogP contribution in [0.25, 0.3) is 4.85 Å². The summed E-state index contributed by atoms with van der Waals surface area (Å²) < 4.78 is 51.7. The van der Waals surface area contributed by atoms with E-state index in [-0.39, 0.29) is 6.07 Å². The predicted molar refractivity (Wildman–Crippen MR) is 49.6 cm³/mol. The molecule has 1 aromatic rings. The van der Waals surface area contributed by atoms with Crippen molar-refractivity contribution in [1.29, 1.82) is 0 Å². The molecule has 0 atom stereocenters. The second-order valence-corrected chi connectivity index (χ2v) is 3.04. The Morgan fingerprint density at radius 2 is 1.76 bits per heavy atom. The van der Waals surface area contributed by atoms with Gasteiger partial charge in [-0.2, -0.15) is 0 Å². The molecule has 0 unspecified atom stereocenters. The lowest BCUT2D eigenvalue weighted by atomic mass is 10.1. The van der Waals surface area contributed by atoms with Gasteiger partial charge in [0, 0.05) is 18.2 Å². The molecule has 0 fully saturated rings. The van der Waals surface area contributed by atoms with Gasteiger partial charge in [-0.25, -0.2) is 24.1 Å². The van der Waals surface area contributed by atoms with E-state index in [1.165, 1.54) is 0 Å². The first-order valence-corrected chi connectivity index (χ1v) is 4.39. The normalized spacial score (nSPS) is 9.82. The average Bonchev–Trinajstić information content (AvgIpc) is 2.27. The third-order valence-electron chi connectivity index (χ3n) is 1.89. The van der Waals surface area contributed by atoms with Crippen molar-refractivity contribution in [3.63, 3.8) is 0 Å². The molecule has 1 rings (SSSR count). The van der Waals surface area contributed by atoms with Gasteiger partial charge < -0.3 is 10.2 Å². The number of carbonyl (C=O) groups is 1. The van der Waals surface area contributed by atoms with Crippen molar-refractivity contribution in [2.45, 2.75) is 6.54 Å². The van der Waals surface area contributed by atoms with Crippen LogP contribution in [0.2, 0.25) is 0 Å². The molecule has 7 heteroatoms. The lowest BCUT2D eigenvalue weighted by Gasteiger charge is -2.06. The molecule has 0 aliphatic heterocycles. The molecule has 0 bridgehead atoms. The number of halogens is 4. The highest BCUT2D eigenvalue weighted by atomic mass is 19.2. The van der Waals surface area contributed by atoms with Gasteiger partial charge >= 0.3 is 0 Å². The van der Waals surface area contributed by atoms with Crippen LogP contribution >= 0.6 is 0 Å². The number of nitrogens with zero attached hydrogens (tertiary/aromatic N) is 1. The summed E-state index contributed by atoms with van der Waals surface area (Å²) in [4.78, 5) is 13.6. The Bertz CT molecular complexity index is 470. The summed E-state index contributed by atoms with van der Waals surface area (Å²) in [7, 11) is 0. The van der Waals surface area contributed by atoms with Crippen LogP contribution in [0.5, 0.6) is 0 Å². The Labute approximate surface area is 93.9 Å². The molecule has 0 heterocycles. The van der Waals surface area contributed by atoms with Gasteiger partial charge in [0.1, 0.15) is 0 Å². The van der Waals surface area contributed by atoms with E-state index in [1.807, 2.05) is 5.32 Å². The highest BCUT2D eigenvalue weighted by Crippen LogP contribution is 2.18. The Balaban J connectivity index is 2.92. The molecule has 1 N–H and O–H groups in total. The molecule has 0 spiro atoms. The number of nitrogens with one attached hydrogen (secondary N) is 1. The first-order valence-electron chi connectivity index (χ1n) is 4.39. The molecule has 0 aromatic heterocycles. The fourth-order valence-electron chi connectivity index (χ4n) is 1.09. The topological polar surface area (TPSA) is 33.5 Å². The van der Waals surface area contributed by atoms with Crippen molar-refractivity contribution in [2.75, 3.05) is 6.54 Å². The van der Waals surface area contributed by atoms with Gasteiger partial charge in [-0.3, -0.25) is 4.79 Å². The summed E-state index contributed by atoms with van der Waals surface area (Å²) in [5.74, 6) is -7.00. The van der Waals surface area contributed by atoms with Crippen molar-refractivity contribution in [2.24, 2.45) is 0 Å². The Morgan fingerprint density at radius 3 is 2.24 bits per heavy atom. The molecule has 17 heavy (non-hydrogen) atoms. The lowest BCUT2D eigenvalue weighted by molar-refractivity contribution is -0.119. The molecule has 0 saturated heterocycles. The fraction of sp³-hybridized carbons (Fsp3) is 0.200. The smallest absolute Gasteiger partial charge is 0.300 e. The van der Waals surface area contributed by atoms with Gasteiger partial charge in [0.2, 0.25) is 0 Å². The first kappa shape index (κ1) is 13.0. The van der Waals surface area contributed by atoms with E-state index < -0.39 is 47.8 Å². The third kappa shape index (κ3) is 2.93. The van der Waals surface area contributed by atoms with Crippen LogP contribution < -0.4 is 5.32 Å². The van der Waals surface area contributed by atoms with Crippen molar-refractivity contribution >= 4 is 5.91 Å². The standard InChI is InChI=1S/C10H6F4N2O/c1-15-4-8(17)16-3-5-9(13)6(11)2-7(12)10(5)14/h2H,3-4H2,(H,16,17). The van der Waals surface area contributed by atoms with Crippen LogP contribution in [0.15, 0.2) is 6.07 Å². The minimum absolute atomic E-state index is 0.0785. The zero-order valence-electron chi connectivity index (χ0n) is 8.36. The Hall–Kier alpha value is -2.10. The van der Waals surface area contributed by atoms with Crippen LogP contribution in [0.1, 0.15) is 5.56 Å². The maximum atomic E-state index is 13.1. The first-order chi connectivity index (χ1) is 7.97. The highest BCUT2D eigenvalue weighted by Gasteiger charge is 2.19. The molecule has 1 amide bonds. The van der Waals surface area contributed by atoms with Crippen LogP contribution in [0, 0.1) is 29.8 Å². The largest absolute Gasteiger partial charge is 0.345 e. The summed E-state index contributed by atoms with van der Waals surface area (Å²) in [6, 6.07) is 0.0785. The van der Waals surface area contributed by atoms with Gasteiger partial charge in [-0.1, -0.05) is 0 Å². The molecule has 0 aliphatic carbocycles. The highest BCUT2D eigenvalue weighted by molar-refractivity contribution is 5.79. The second kappa shape index (κ2) is 5.30. The quantitative estimate of drug-likeness (QED) is 0.492. The van der Waals surface area contributed by atoms with E-state index in [0.717, 1.165) is 0 Å². The molecule has 1 aromatic carbocycles. The second-order valence-electron chi connectivity index (χ2n) is 3.04. The van der Waals surface area contributed by atoms with E-state index in [2.05, 4.69) is 4.85 Å². The zero-order chi connectivity index (χ0) is 13.0. The summed E-state index contributed by atoms with van der Waals surface area (Å²) in [5, 5.41) is 1.97. The van der Waals surface area contributed by atoms with E-state index in [0.29, 0.717) is 0 Å². The van der Waals surface area contributed by atoms with Crippen molar-refractivity contribution in [3.05, 3.63) is 46.3 Å². The number of rotatable bonds is 3. The van der Waals surface area contributed by atoms with Gasteiger partial charge in [0.15, 0.2) is 23.3 Å². The summed E-state index contributed by atoms with van der Waals surface area (Å²) in [6.07, 6.45) is 0. The number of hydrogen-bond acceptors (Lipinski definition) is 1. The van der Waals surface area contributed by atoms with Crippen LogP contribution in [0.3, 0.4) is 0 Å². The number of amides is 1. The van der Waals surface area contributed by atoms with E-state index in [9.17, 15) is 22.4 Å². The predicted octanol–water partition coefficient (Wildman–Crippen LogP) is 1.78. The minimum atomic E-state index is -1.56. The third-order valence-corrected chi connectivity index (χ3v) is 1.89. The van der Waals surface area contributed by atoms with Crippen molar-refractivity contribution < 1.29 is 22.4 Å². The molecule has 0 aliphatic rings. The molecule has 0 saturated carbocycles. The van der Waals surface area contributed by atoms with Gasteiger partial charge in [0.05, 0.1) is 0 Å². The summed E-state index contributed by atoms with van der Waals surface area (Å²) >= 11 is 0. The number of benzene rings is 1. The van der Waals surface area contributed by atoms with Gasteiger partial charge in [0.25, 0.3) is 12.5 Å².